The third-order valence-corrected chi connectivity index (χ3v) is 4.16. The number of nitrogens with zero attached hydrogens (tertiary/aromatic N) is 1. The Hall–Kier alpha value is -1.67. The van der Waals surface area contributed by atoms with Gasteiger partial charge in [-0.1, -0.05) is 17.7 Å². The summed E-state index contributed by atoms with van der Waals surface area (Å²) in [5.41, 5.74) is 0.377. The summed E-state index contributed by atoms with van der Waals surface area (Å²) >= 11 is 5.96. The zero-order valence-electron chi connectivity index (χ0n) is 11.3. The van der Waals surface area contributed by atoms with Crippen molar-refractivity contribution in [1.29, 1.82) is 0 Å². The van der Waals surface area contributed by atoms with Crippen LogP contribution in [0.15, 0.2) is 41.5 Å². The lowest BCUT2D eigenvalue weighted by Gasteiger charge is -2.24. The highest BCUT2D eigenvalue weighted by Crippen LogP contribution is 2.33. The molecule has 0 spiro atoms. The fourth-order valence-corrected chi connectivity index (χ4v) is 2.78. The van der Waals surface area contributed by atoms with Crippen LogP contribution in [0.1, 0.15) is 0 Å². The molecule has 0 aromatic heterocycles. The zero-order valence-corrected chi connectivity index (χ0v) is 12.8. The van der Waals surface area contributed by atoms with Crippen molar-refractivity contribution in [3.05, 3.63) is 46.5 Å². The third-order valence-electron chi connectivity index (χ3n) is 2.76. The lowest BCUT2D eigenvalue weighted by molar-refractivity contribution is -0.274. The Morgan fingerprint density at radius 1 is 1.32 bits per heavy atom. The van der Waals surface area contributed by atoms with Gasteiger partial charge in [0.25, 0.3) is 0 Å². The van der Waals surface area contributed by atoms with Crippen LogP contribution in [0.2, 0.25) is 5.02 Å². The van der Waals surface area contributed by atoms with E-state index in [0.717, 1.165) is 18.4 Å². The summed E-state index contributed by atoms with van der Waals surface area (Å²) < 4.78 is 63.3. The van der Waals surface area contributed by atoms with Crippen LogP contribution in [0.25, 0.3) is 0 Å². The van der Waals surface area contributed by atoms with E-state index in [-0.39, 0.29) is 9.93 Å². The standard InChI is InChI=1S/C13H11ClF3NO3S/c1-22(19,20)10-3-2-6-18(8-10)12-5-4-9(7-11(12)14)21-13(15,16)17/h2-5,7-8H,6H2,1H3. The number of hydrogen-bond donors (Lipinski definition) is 0. The van der Waals surface area contributed by atoms with Gasteiger partial charge in [0, 0.05) is 25.1 Å². The number of ether oxygens (including phenoxy) is 1. The van der Waals surface area contributed by atoms with Gasteiger partial charge in [-0.3, -0.25) is 0 Å². The maximum Gasteiger partial charge on any atom is 0.573 e. The van der Waals surface area contributed by atoms with Crippen molar-refractivity contribution in [2.24, 2.45) is 0 Å². The van der Waals surface area contributed by atoms with E-state index in [4.69, 9.17) is 11.6 Å². The number of hydrogen-bond acceptors (Lipinski definition) is 4. The molecule has 0 bridgehead atoms. The Kier molecular flexibility index (Phi) is 4.44. The van der Waals surface area contributed by atoms with Crippen LogP contribution in [0.5, 0.6) is 5.75 Å². The molecule has 0 saturated heterocycles. The zero-order chi connectivity index (χ0) is 16.5. The lowest BCUT2D eigenvalue weighted by atomic mass is 10.2. The molecular formula is C13H11ClF3NO3S. The Labute approximate surface area is 130 Å². The molecule has 0 atom stereocenters. The number of alkyl halides is 3. The minimum Gasteiger partial charge on any atom is -0.406 e. The number of halogens is 4. The first-order valence-electron chi connectivity index (χ1n) is 5.96. The molecule has 1 aromatic rings. The highest BCUT2D eigenvalue weighted by molar-refractivity contribution is 7.94. The van der Waals surface area contributed by atoms with Gasteiger partial charge in [-0.15, -0.1) is 13.2 Å². The van der Waals surface area contributed by atoms with Gasteiger partial charge >= 0.3 is 6.36 Å². The fourth-order valence-electron chi connectivity index (χ4n) is 1.84. The second kappa shape index (κ2) is 5.85. The van der Waals surface area contributed by atoms with Crippen LogP contribution in [-0.4, -0.2) is 27.6 Å². The van der Waals surface area contributed by atoms with E-state index in [1.807, 2.05) is 0 Å². The average molecular weight is 354 g/mol. The molecule has 0 N–H and O–H groups in total. The predicted molar refractivity (Wildman–Crippen MR) is 77.5 cm³/mol. The molecule has 0 aliphatic carbocycles. The van der Waals surface area contributed by atoms with Gasteiger partial charge in [0.1, 0.15) is 5.75 Å². The van der Waals surface area contributed by atoms with Crippen molar-refractivity contribution >= 4 is 27.1 Å². The molecule has 1 aliphatic rings. The summed E-state index contributed by atoms with van der Waals surface area (Å²) in [6.45, 7) is 0.345. The van der Waals surface area contributed by atoms with Crippen LogP contribution in [0.3, 0.4) is 0 Å². The van der Waals surface area contributed by atoms with Gasteiger partial charge < -0.3 is 9.64 Å². The van der Waals surface area contributed by atoms with Crippen LogP contribution in [-0.2, 0) is 9.84 Å². The van der Waals surface area contributed by atoms with E-state index >= 15 is 0 Å². The molecule has 9 heteroatoms. The lowest BCUT2D eigenvalue weighted by Crippen LogP contribution is -2.22. The van der Waals surface area contributed by atoms with E-state index in [0.29, 0.717) is 12.2 Å². The number of benzene rings is 1. The minimum atomic E-state index is -4.80. The molecular weight excluding hydrogens is 343 g/mol. The van der Waals surface area contributed by atoms with Gasteiger partial charge in [-0.25, -0.2) is 8.42 Å². The van der Waals surface area contributed by atoms with Gasteiger partial charge in [0.2, 0.25) is 0 Å². The largest absolute Gasteiger partial charge is 0.573 e. The summed E-state index contributed by atoms with van der Waals surface area (Å²) in [5.74, 6) is -0.443. The number of sulfone groups is 1. The topological polar surface area (TPSA) is 46.6 Å². The molecule has 0 unspecified atom stereocenters. The fraction of sp³-hybridized carbons (Fsp3) is 0.231. The summed E-state index contributed by atoms with van der Waals surface area (Å²) in [5, 5.41) is 0.0150. The molecule has 0 fully saturated rings. The molecule has 120 valence electrons. The van der Waals surface area contributed by atoms with Crippen molar-refractivity contribution in [2.45, 2.75) is 6.36 Å². The van der Waals surface area contributed by atoms with Crippen molar-refractivity contribution < 1.29 is 26.3 Å². The summed E-state index contributed by atoms with van der Waals surface area (Å²) in [6.07, 6.45) is 0.713. The van der Waals surface area contributed by atoms with Crippen LogP contribution in [0.4, 0.5) is 18.9 Å². The van der Waals surface area contributed by atoms with Crippen molar-refractivity contribution in [3.63, 3.8) is 0 Å². The molecule has 1 heterocycles. The van der Waals surface area contributed by atoms with E-state index in [9.17, 15) is 21.6 Å². The summed E-state index contributed by atoms with van der Waals surface area (Å²) in [4.78, 5) is 1.61. The van der Waals surface area contributed by atoms with Crippen molar-refractivity contribution in [3.8, 4) is 5.75 Å². The van der Waals surface area contributed by atoms with Crippen LogP contribution < -0.4 is 9.64 Å². The Bertz CT molecular complexity index is 741. The first kappa shape index (κ1) is 16.7. The normalized spacial score (nSPS) is 15.7. The number of rotatable bonds is 3. The SMILES string of the molecule is CS(=O)(=O)C1=CN(c2ccc(OC(F)(F)F)cc2Cl)CC=C1. The second-order valence-electron chi connectivity index (χ2n) is 4.52. The number of anilines is 1. The molecule has 1 aliphatic heterocycles. The van der Waals surface area contributed by atoms with E-state index in [1.54, 1.807) is 6.08 Å². The Morgan fingerprint density at radius 2 is 2.00 bits per heavy atom. The molecule has 0 radical (unpaired) electrons. The van der Waals surface area contributed by atoms with Gasteiger partial charge in [-0.05, 0) is 18.2 Å². The second-order valence-corrected chi connectivity index (χ2v) is 6.94. The Balaban J connectivity index is 2.31. The summed E-state index contributed by atoms with van der Waals surface area (Å²) in [6, 6.07) is 3.47. The highest BCUT2D eigenvalue weighted by atomic mass is 35.5. The monoisotopic (exact) mass is 353 g/mol. The van der Waals surface area contributed by atoms with Crippen molar-refractivity contribution in [1.82, 2.24) is 0 Å². The quantitative estimate of drug-likeness (QED) is 0.834. The molecule has 2 rings (SSSR count). The van der Waals surface area contributed by atoms with Crippen molar-refractivity contribution in [2.75, 3.05) is 17.7 Å². The molecule has 4 nitrogen and oxygen atoms in total. The van der Waals surface area contributed by atoms with Crippen LogP contribution in [0, 0.1) is 0 Å². The maximum atomic E-state index is 12.1. The third kappa shape index (κ3) is 4.17. The molecule has 0 saturated carbocycles. The molecule has 1 aromatic carbocycles. The van der Waals surface area contributed by atoms with E-state index in [1.165, 1.54) is 23.2 Å². The smallest absolute Gasteiger partial charge is 0.406 e. The van der Waals surface area contributed by atoms with Gasteiger partial charge in [-0.2, -0.15) is 0 Å². The number of allylic oxidation sites excluding steroid dienone is 1. The average Bonchev–Trinajstić information content (AvgIpc) is 2.36. The van der Waals surface area contributed by atoms with E-state index < -0.39 is 21.9 Å². The minimum absolute atomic E-state index is 0.0150. The summed E-state index contributed by atoms with van der Waals surface area (Å²) in [7, 11) is -3.40. The van der Waals surface area contributed by atoms with Crippen LogP contribution >= 0.6 is 11.6 Å². The maximum absolute atomic E-state index is 12.1. The first-order chi connectivity index (χ1) is 10.1. The first-order valence-corrected chi connectivity index (χ1v) is 8.23. The Morgan fingerprint density at radius 3 is 2.55 bits per heavy atom. The van der Waals surface area contributed by atoms with E-state index in [2.05, 4.69) is 4.74 Å². The van der Waals surface area contributed by atoms with Gasteiger partial charge in [0.05, 0.1) is 15.6 Å². The van der Waals surface area contributed by atoms with Gasteiger partial charge in [0.15, 0.2) is 9.84 Å². The highest BCUT2D eigenvalue weighted by Gasteiger charge is 2.31. The molecule has 0 amide bonds. The predicted octanol–water partition coefficient (Wildman–Crippen LogP) is 3.50. The molecule has 22 heavy (non-hydrogen) atoms.